The predicted octanol–water partition coefficient (Wildman–Crippen LogP) is -0.584. The SMILES string of the molecule is CCN1OC[C@@H](NC(=O)O)C1=O. The first kappa shape index (κ1) is 8.79. The Morgan fingerprint density at radius 2 is 2.58 bits per heavy atom. The summed E-state index contributed by atoms with van der Waals surface area (Å²) in [4.78, 5) is 26.2. The monoisotopic (exact) mass is 174 g/mol. The summed E-state index contributed by atoms with van der Waals surface area (Å²) in [6.07, 6.45) is -1.21. The minimum atomic E-state index is -1.21. The summed E-state index contributed by atoms with van der Waals surface area (Å²) in [7, 11) is 0. The van der Waals surface area contributed by atoms with Crippen molar-refractivity contribution >= 4 is 12.0 Å². The lowest BCUT2D eigenvalue weighted by Gasteiger charge is -2.10. The average Bonchev–Trinajstić information content (AvgIpc) is 2.32. The van der Waals surface area contributed by atoms with Crippen molar-refractivity contribution < 1.29 is 19.5 Å². The van der Waals surface area contributed by atoms with Gasteiger partial charge in [-0.1, -0.05) is 0 Å². The molecule has 0 aromatic carbocycles. The van der Waals surface area contributed by atoms with E-state index in [1.165, 1.54) is 0 Å². The Morgan fingerprint density at radius 3 is 3.00 bits per heavy atom. The molecule has 68 valence electrons. The summed E-state index contributed by atoms with van der Waals surface area (Å²) in [6, 6.07) is -0.748. The standard InChI is InChI=1S/C6H10N2O4/c1-2-8-5(9)4(3-12-8)7-6(10)11/h4,7H,2-3H2,1H3,(H,10,11)/t4-/m1/s1. The zero-order chi connectivity index (χ0) is 9.14. The number of hydrogen-bond acceptors (Lipinski definition) is 3. The van der Waals surface area contributed by atoms with Gasteiger partial charge in [0.05, 0.1) is 0 Å². The van der Waals surface area contributed by atoms with Crippen molar-refractivity contribution in [2.75, 3.05) is 13.2 Å². The Bertz CT molecular complexity index is 206. The van der Waals surface area contributed by atoms with Gasteiger partial charge >= 0.3 is 6.09 Å². The molecule has 0 saturated carbocycles. The van der Waals surface area contributed by atoms with E-state index in [9.17, 15) is 9.59 Å². The van der Waals surface area contributed by atoms with Crippen LogP contribution in [0.4, 0.5) is 4.79 Å². The number of hydroxylamine groups is 2. The van der Waals surface area contributed by atoms with Crippen LogP contribution < -0.4 is 5.32 Å². The van der Waals surface area contributed by atoms with Gasteiger partial charge in [0.1, 0.15) is 12.6 Å². The molecule has 0 unspecified atom stereocenters. The molecular formula is C6H10N2O4. The Kier molecular flexibility index (Phi) is 2.49. The van der Waals surface area contributed by atoms with Crippen LogP contribution in [0.5, 0.6) is 0 Å². The van der Waals surface area contributed by atoms with Crippen molar-refractivity contribution in [2.24, 2.45) is 0 Å². The minimum Gasteiger partial charge on any atom is -0.465 e. The topological polar surface area (TPSA) is 78.9 Å². The first-order valence-corrected chi connectivity index (χ1v) is 3.59. The number of hydrogen-bond donors (Lipinski definition) is 2. The molecule has 2 N–H and O–H groups in total. The minimum absolute atomic E-state index is 0.0823. The molecule has 0 bridgehead atoms. The fraction of sp³-hybridized carbons (Fsp3) is 0.667. The Balaban J connectivity index is 2.49. The third-order valence-corrected chi connectivity index (χ3v) is 1.53. The summed E-state index contributed by atoms with van der Waals surface area (Å²) in [6.45, 7) is 2.26. The number of carbonyl (C=O) groups excluding carboxylic acids is 1. The van der Waals surface area contributed by atoms with Crippen LogP contribution in [0.25, 0.3) is 0 Å². The van der Waals surface area contributed by atoms with E-state index in [1.807, 2.05) is 0 Å². The van der Waals surface area contributed by atoms with E-state index in [4.69, 9.17) is 9.94 Å². The van der Waals surface area contributed by atoms with Gasteiger partial charge in [-0.2, -0.15) is 0 Å². The molecule has 2 amide bonds. The van der Waals surface area contributed by atoms with Crippen LogP contribution in [0.1, 0.15) is 6.92 Å². The average molecular weight is 174 g/mol. The second-order valence-corrected chi connectivity index (χ2v) is 2.33. The fourth-order valence-corrected chi connectivity index (χ4v) is 0.973. The van der Waals surface area contributed by atoms with Crippen molar-refractivity contribution in [3.05, 3.63) is 0 Å². The van der Waals surface area contributed by atoms with Crippen molar-refractivity contribution in [1.29, 1.82) is 0 Å². The molecule has 1 aliphatic rings. The lowest BCUT2D eigenvalue weighted by atomic mass is 10.3. The largest absolute Gasteiger partial charge is 0.465 e. The Hall–Kier alpha value is -1.30. The Morgan fingerprint density at radius 1 is 1.92 bits per heavy atom. The van der Waals surface area contributed by atoms with Crippen LogP contribution in [0.15, 0.2) is 0 Å². The number of amides is 2. The molecule has 1 heterocycles. The van der Waals surface area contributed by atoms with E-state index in [-0.39, 0.29) is 12.5 Å². The van der Waals surface area contributed by atoms with Gasteiger partial charge in [0.2, 0.25) is 0 Å². The van der Waals surface area contributed by atoms with E-state index in [0.29, 0.717) is 6.54 Å². The van der Waals surface area contributed by atoms with Crippen LogP contribution in [-0.4, -0.2) is 41.4 Å². The highest BCUT2D eigenvalue weighted by atomic mass is 16.7. The number of carboxylic acid groups (broad SMARTS) is 1. The number of rotatable bonds is 2. The van der Waals surface area contributed by atoms with Crippen molar-refractivity contribution in [2.45, 2.75) is 13.0 Å². The van der Waals surface area contributed by atoms with Crippen molar-refractivity contribution in [3.8, 4) is 0 Å². The summed E-state index contributed by atoms with van der Waals surface area (Å²) in [5.74, 6) is -0.333. The molecule has 1 fully saturated rings. The molecule has 6 nitrogen and oxygen atoms in total. The number of nitrogens with zero attached hydrogens (tertiary/aromatic N) is 1. The maximum atomic E-state index is 11.1. The third-order valence-electron chi connectivity index (χ3n) is 1.53. The molecule has 1 atom stereocenters. The predicted molar refractivity (Wildman–Crippen MR) is 38.3 cm³/mol. The van der Waals surface area contributed by atoms with Crippen LogP contribution in [-0.2, 0) is 9.63 Å². The van der Waals surface area contributed by atoms with Gasteiger partial charge in [0.15, 0.2) is 0 Å². The maximum Gasteiger partial charge on any atom is 0.405 e. The Labute approximate surface area is 69.1 Å². The first-order chi connectivity index (χ1) is 5.65. The summed E-state index contributed by atoms with van der Waals surface area (Å²) >= 11 is 0. The zero-order valence-corrected chi connectivity index (χ0v) is 6.61. The molecule has 6 heteroatoms. The third kappa shape index (κ3) is 1.65. The second kappa shape index (κ2) is 3.40. The molecule has 0 aromatic rings. The lowest BCUT2D eigenvalue weighted by Crippen LogP contribution is -2.41. The lowest BCUT2D eigenvalue weighted by molar-refractivity contribution is -0.160. The van der Waals surface area contributed by atoms with E-state index in [0.717, 1.165) is 5.06 Å². The number of likely N-dealkylation sites (N-methyl/N-ethyl adjacent to an activating group) is 1. The van der Waals surface area contributed by atoms with Crippen molar-refractivity contribution in [3.63, 3.8) is 0 Å². The zero-order valence-electron chi connectivity index (χ0n) is 6.61. The molecular weight excluding hydrogens is 164 g/mol. The van der Waals surface area contributed by atoms with Crippen LogP contribution in [0.3, 0.4) is 0 Å². The highest BCUT2D eigenvalue weighted by Gasteiger charge is 2.33. The van der Waals surface area contributed by atoms with Crippen molar-refractivity contribution in [1.82, 2.24) is 10.4 Å². The maximum absolute atomic E-state index is 11.1. The highest BCUT2D eigenvalue weighted by molar-refractivity contribution is 5.85. The van der Waals surface area contributed by atoms with Crippen LogP contribution in [0, 0.1) is 0 Å². The first-order valence-electron chi connectivity index (χ1n) is 3.59. The molecule has 1 aliphatic heterocycles. The van der Waals surface area contributed by atoms with E-state index < -0.39 is 12.1 Å². The van der Waals surface area contributed by atoms with Crippen LogP contribution >= 0.6 is 0 Å². The van der Waals surface area contributed by atoms with Crippen LogP contribution in [0.2, 0.25) is 0 Å². The molecule has 0 aromatic heterocycles. The number of nitrogens with one attached hydrogen (secondary N) is 1. The van der Waals surface area contributed by atoms with Gasteiger partial charge < -0.3 is 10.4 Å². The number of carbonyl (C=O) groups is 2. The van der Waals surface area contributed by atoms with Gasteiger partial charge in [-0.15, -0.1) is 0 Å². The second-order valence-electron chi connectivity index (χ2n) is 2.33. The van der Waals surface area contributed by atoms with E-state index in [2.05, 4.69) is 5.32 Å². The molecule has 0 radical (unpaired) electrons. The van der Waals surface area contributed by atoms with Gasteiger partial charge in [0.25, 0.3) is 5.91 Å². The molecule has 1 saturated heterocycles. The molecule has 12 heavy (non-hydrogen) atoms. The van der Waals surface area contributed by atoms with Gasteiger partial charge in [-0.3, -0.25) is 9.63 Å². The summed E-state index contributed by atoms with van der Waals surface area (Å²) < 4.78 is 0. The quantitative estimate of drug-likeness (QED) is 0.586. The van der Waals surface area contributed by atoms with E-state index >= 15 is 0 Å². The smallest absolute Gasteiger partial charge is 0.405 e. The van der Waals surface area contributed by atoms with Gasteiger partial charge in [-0.05, 0) is 6.92 Å². The molecule has 1 rings (SSSR count). The highest BCUT2D eigenvalue weighted by Crippen LogP contribution is 2.06. The van der Waals surface area contributed by atoms with E-state index in [1.54, 1.807) is 6.92 Å². The summed E-state index contributed by atoms with van der Waals surface area (Å²) in [5, 5.41) is 11.5. The van der Waals surface area contributed by atoms with Gasteiger partial charge in [0, 0.05) is 6.54 Å². The summed E-state index contributed by atoms with van der Waals surface area (Å²) in [5.41, 5.74) is 0. The normalized spacial score (nSPS) is 22.9. The van der Waals surface area contributed by atoms with Gasteiger partial charge in [-0.25, -0.2) is 9.86 Å². The fourth-order valence-electron chi connectivity index (χ4n) is 0.973. The molecule has 0 spiro atoms. The molecule has 0 aliphatic carbocycles.